The lowest BCUT2D eigenvalue weighted by molar-refractivity contribution is -0.138. The minimum absolute atomic E-state index is 0.0445. The van der Waals surface area contributed by atoms with Crippen molar-refractivity contribution in [2.24, 2.45) is 17.1 Å². The van der Waals surface area contributed by atoms with Gasteiger partial charge < -0.3 is 15.4 Å². The molecule has 0 fully saturated rings. The van der Waals surface area contributed by atoms with Gasteiger partial charge >= 0.3 is 12.3 Å². The number of ether oxygens (including phenoxy) is 1. The van der Waals surface area contributed by atoms with Crippen LogP contribution in [0.15, 0.2) is 47.2 Å². The summed E-state index contributed by atoms with van der Waals surface area (Å²) >= 11 is 0. The summed E-state index contributed by atoms with van der Waals surface area (Å²) in [4.78, 5) is 13.6. The van der Waals surface area contributed by atoms with E-state index in [0.29, 0.717) is 5.57 Å². The van der Waals surface area contributed by atoms with Gasteiger partial charge in [-0.3, -0.25) is 0 Å². The third-order valence-corrected chi connectivity index (χ3v) is 5.79. The lowest BCUT2D eigenvalue weighted by atomic mass is 9.57. The minimum Gasteiger partial charge on any atom is -0.450 e. The molecule has 2 N–H and O–H groups in total. The highest BCUT2D eigenvalue weighted by atomic mass is 19.4. The maximum Gasteiger partial charge on any atom is 0.416 e. The fraction of sp³-hybridized carbons (Fsp3) is 0.364. The van der Waals surface area contributed by atoms with Gasteiger partial charge in [0.15, 0.2) is 5.41 Å². The number of carbonyl (C=O) groups excluding carboxylic acids is 1. The highest BCUT2D eigenvalue weighted by molar-refractivity contribution is 5.69. The van der Waals surface area contributed by atoms with Crippen molar-refractivity contribution < 1.29 is 22.7 Å². The van der Waals surface area contributed by atoms with E-state index in [4.69, 9.17) is 10.5 Å². The van der Waals surface area contributed by atoms with E-state index in [1.165, 1.54) is 29.2 Å². The molecule has 1 aromatic rings. The molecule has 3 rings (SSSR count). The van der Waals surface area contributed by atoms with Crippen LogP contribution in [0.2, 0.25) is 0 Å². The lowest BCUT2D eigenvalue weighted by Crippen LogP contribution is -2.49. The Kier molecular flexibility index (Phi) is 5.88. The number of fused-ring (bicyclic) bond motifs is 1. The Morgan fingerprint density at radius 1 is 1.28 bits per heavy atom. The molecule has 2 atom stereocenters. The van der Waals surface area contributed by atoms with Crippen LogP contribution in [0.25, 0.3) is 0 Å². The maximum atomic E-state index is 13.9. The Bertz CT molecular complexity index is 1120. The summed E-state index contributed by atoms with van der Waals surface area (Å²) in [5.74, 6) is -2.34. The molecule has 1 aliphatic carbocycles. The van der Waals surface area contributed by atoms with Gasteiger partial charge in [-0.15, -0.1) is 0 Å². The summed E-state index contributed by atoms with van der Waals surface area (Å²) < 4.78 is 46.6. The van der Waals surface area contributed by atoms with E-state index < -0.39 is 35.1 Å². The molecule has 0 aromatic heterocycles. The number of amides is 1. The average molecular weight is 441 g/mol. The van der Waals surface area contributed by atoms with Gasteiger partial charge in [0.25, 0.3) is 0 Å². The lowest BCUT2D eigenvalue weighted by Gasteiger charge is -2.45. The third-order valence-electron chi connectivity index (χ3n) is 5.79. The average Bonchev–Trinajstić information content (AvgIpc) is 2.77. The molecule has 164 valence electrons. The van der Waals surface area contributed by atoms with Crippen molar-refractivity contribution in [1.29, 1.82) is 15.8 Å². The van der Waals surface area contributed by atoms with E-state index >= 15 is 0 Å². The Morgan fingerprint density at radius 3 is 2.50 bits per heavy atom. The molecular weight excluding hydrogens is 423 g/mol. The number of carbonyl (C=O) groups is 1. The van der Waals surface area contributed by atoms with E-state index in [0.717, 1.165) is 6.07 Å². The van der Waals surface area contributed by atoms with Gasteiger partial charge in [0.2, 0.25) is 0 Å². The zero-order valence-electron chi connectivity index (χ0n) is 17.0. The smallest absolute Gasteiger partial charge is 0.416 e. The summed E-state index contributed by atoms with van der Waals surface area (Å²) in [6.45, 7) is 1.60. The zero-order valence-corrected chi connectivity index (χ0v) is 17.0. The standard InChI is InChI=1S/C22H18F3N5O2/c1-2-32-20(31)30-8-7-13-15(9-26)19(29)21(11-27,12-28)18(16(13)10-30)14-5-3-4-6-17(14)22(23,24)25/h3-7,16,18H,2,8,10,29H2,1H3. The van der Waals surface area contributed by atoms with E-state index in [2.05, 4.69) is 0 Å². The van der Waals surface area contributed by atoms with Gasteiger partial charge in [0.05, 0.1) is 35.6 Å². The summed E-state index contributed by atoms with van der Waals surface area (Å²) in [7, 11) is 0. The second kappa shape index (κ2) is 8.28. The molecule has 1 aromatic carbocycles. The molecule has 7 nitrogen and oxygen atoms in total. The predicted molar refractivity (Wildman–Crippen MR) is 105 cm³/mol. The molecule has 1 heterocycles. The number of alkyl halides is 3. The van der Waals surface area contributed by atoms with Crippen molar-refractivity contribution in [2.45, 2.75) is 19.0 Å². The van der Waals surface area contributed by atoms with Crippen LogP contribution in [0.3, 0.4) is 0 Å². The second-order valence-corrected chi connectivity index (χ2v) is 7.36. The molecule has 1 aliphatic heterocycles. The molecule has 32 heavy (non-hydrogen) atoms. The van der Waals surface area contributed by atoms with Crippen LogP contribution in [0.1, 0.15) is 24.0 Å². The highest BCUT2D eigenvalue weighted by Gasteiger charge is 2.56. The van der Waals surface area contributed by atoms with Gasteiger partial charge in [-0.25, -0.2) is 4.79 Å². The first-order valence-corrected chi connectivity index (χ1v) is 9.67. The normalized spacial score (nSPS) is 22.0. The fourth-order valence-corrected chi connectivity index (χ4v) is 4.41. The SMILES string of the molecule is CCOC(=O)N1CC=C2C(C#N)=C(N)C(C#N)(C#N)C(c3ccccc3C(F)(F)F)C2C1. The van der Waals surface area contributed by atoms with Crippen LogP contribution in [-0.4, -0.2) is 30.7 Å². The summed E-state index contributed by atoms with van der Waals surface area (Å²) in [6.07, 6.45) is -3.94. The number of benzene rings is 1. The van der Waals surface area contributed by atoms with Crippen molar-refractivity contribution in [1.82, 2.24) is 4.90 Å². The van der Waals surface area contributed by atoms with E-state index in [-0.39, 0.29) is 36.5 Å². The Labute approximate surface area is 182 Å². The summed E-state index contributed by atoms with van der Waals surface area (Å²) in [6, 6.07) is 10.1. The Morgan fingerprint density at radius 2 is 1.94 bits per heavy atom. The maximum absolute atomic E-state index is 13.9. The van der Waals surface area contributed by atoms with Crippen molar-refractivity contribution in [3.05, 3.63) is 58.3 Å². The van der Waals surface area contributed by atoms with Gasteiger partial charge in [-0.1, -0.05) is 24.3 Å². The second-order valence-electron chi connectivity index (χ2n) is 7.36. The van der Waals surface area contributed by atoms with Crippen LogP contribution >= 0.6 is 0 Å². The van der Waals surface area contributed by atoms with Crippen LogP contribution in [-0.2, 0) is 10.9 Å². The van der Waals surface area contributed by atoms with Gasteiger partial charge in [-0.05, 0) is 24.1 Å². The number of hydrogen-bond acceptors (Lipinski definition) is 6. The summed E-state index contributed by atoms with van der Waals surface area (Å²) in [5.41, 5.74) is 2.35. The van der Waals surface area contributed by atoms with E-state index in [9.17, 15) is 33.8 Å². The van der Waals surface area contributed by atoms with Gasteiger partial charge in [-0.2, -0.15) is 29.0 Å². The molecule has 2 unspecified atom stereocenters. The highest BCUT2D eigenvalue weighted by Crippen LogP contribution is 2.55. The molecule has 0 saturated carbocycles. The molecule has 0 spiro atoms. The van der Waals surface area contributed by atoms with E-state index in [1.54, 1.807) is 19.1 Å². The number of nitrogens with zero attached hydrogens (tertiary/aromatic N) is 4. The fourth-order valence-electron chi connectivity index (χ4n) is 4.41. The number of halogens is 3. The first kappa shape index (κ1) is 22.7. The van der Waals surface area contributed by atoms with Crippen LogP contribution < -0.4 is 5.73 Å². The number of nitriles is 3. The number of hydrogen-bond donors (Lipinski definition) is 1. The largest absolute Gasteiger partial charge is 0.450 e. The number of allylic oxidation sites excluding steroid dienone is 2. The Balaban J connectivity index is 2.33. The molecule has 2 aliphatic rings. The van der Waals surface area contributed by atoms with Crippen molar-refractivity contribution >= 4 is 6.09 Å². The van der Waals surface area contributed by atoms with Crippen LogP contribution in [0, 0.1) is 45.3 Å². The molecular formula is C22H18F3N5O2. The predicted octanol–water partition coefficient (Wildman–Crippen LogP) is 3.59. The first-order chi connectivity index (χ1) is 15.2. The number of rotatable bonds is 2. The van der Waals surface area contributed by atoms with Crippen molar-refractivity contribution in [2.75, 3.05) is 19.7 Å². The quantitative estimate of drug-likeness (QED) is 0.747. The molecule has 0 saturated heterocycles. The van der Waals surface area contributed by atoms with Crippen molar-refractivity contribution in [3.63, 3.8) is 0 Å². The molecule has 0 bridgehead atoms. The summed E-state index contributed by atoms with van der Waals surface area (Å²) in [5, 5.41) is 29.7. The molecule has 10 heteroatoms. The zero-order chi connectivity index (χ0) is 23.7. The Hall–Kier alpha value is -3.97. The topological polar surface area (TPSA) is 127 Å². The monoisotopic (exact) mass is 441 g/mol. The number of nitrogens with two attached hydrogens (primary N) is 1. The molecule has 1 amide bonds. The first-order valence-electron chi connectivity index (χ1n) is 9.67. The van der Waals surface area contributed by atoms with Crippen molar-refractivity contribution in [3.8, 4) is 18.2 Å². The van der Waals surface area contributed by atoms with Crippen LogP contribution in [0.4, 0.5) is 18.0 Å². The van der Waals surface area contributed by atoms with E-state index in [1.807, 2.05) is 6.07 Å². The van der Waals surface area contributed by atoms with Gasteiger partial charge in [0, 0.05) is 24.9 Å². The van der Waals surface area contributed by atoms with Crippen LogP contribution in [0.5, 0.6) is 0 Å². The minimum atomic E-state index is -4.76. The molecule has 0 radical (unpaired) electrons. The third kappa shape index (κ3) is 3.42. The van der Waals surface area contributed by atoms with Gasteiger partial charge in [0.1, 0.15) is 6.07 Å².